The Balaban J connectivity index is 1.50. The monoisotopic (exact) mass is 481 g/mol. The zero-order valence-electron chi connectivity index (χ0n) is 20.7. The highest BCUT2D eigenvalue weighted by molar-refractivity contribution is 5.94. The highest BCUT2D eigenvalue weighted by Gasteiger charge is 2.31. The molecule has 1 aliphatic rings. The number of carbonyl (C=O) groups excluding carboxylic acids is 3. The fourth-order valence-corrected chi connectivity index (χ4v) is 4.39. The molecule has 3 amide bonds. The Bertz CT molecular complexity index is 1010. The van der Waals surface area contributed by atoms with Crippen molar-refractivity contribution in [3.63, 3.8) is 0 Å². The van der Waals surface area contributed by atoms with Gasteiger partial charge < -0.3 is 25.0 Å². The fourth-order valence-electron chi connectivity index (χ4n) is 4.39. The van der Waals surface area contributed by atoms with E-state index in [9.17, 15) is 14.4 Å². The van der Waals surface area contributed by atoms with Gasteiger partial charge in [-0.1, -0.05) is 31.5 Å². The summed E-state index contributed by atoms with van der Waals surface area (Å²) in [5, 5.41) is 5.89. The van der Waals surface area contributed by atoms with Gasteiger partial charge in [0.15, 0.2) is 0 Å². The predicted molar refractivity (Wildman–Crippen MR) is 134 cm³/mol. The number of benzene rings is 2. The van der Waals surface area contributed by atoms with Crippen molar-refractivity contribution in [1.29, 1.82) is 0 Å². The Morgan fingerprint density at radius 1 is 1.06 bits per heavy atom. The number of carbonyl (C=O) groups is 3. The van der Waals surface area contributed by atoms with Gasteiger partial charge in [-0.05, 0) is 61.1 Å². The number of piperidine rings is 1. The van der Waals surface area contributed by atoms with Gasteiger partial charge in [0.2, 0.25) is 5.91 Å². The summed E-state index contributed by atoms with van der Waals surface area (Å²) in [5.41, 5.74) is 1.97. The van der Waals surface area contributed by atoms with Gasteiger partial charge in [0, 0.05) is 31.7 Å². The van der Waals surface area contributed by atoms with Crippen molar-refractivity contribution in [2.75, 3.05) is 32.1 Å². The zero-order chi connectivity index (χ0) is 25.2. The van der Waals surface area contributed by atoms with Crippen molar-refractivity contribution in [1.82, 2.24) is 10.2 Å². The molecule has 1 heterocycles. The van der Waals surface area contributed by atoms with Crippen LogP contribution in [0.25, 0.3) is 0 Å². The molecule has 0 saturated carbocycles. The number of esters is 1. The summed E-state index contributed by atoms with van der Waals surface area (Å²) in [5.74, 6) is 0.867. The molecule has 1 saturated heterocycles. The SMILES string of the molecule is CCOC(=O)c1cccc(NC(=O)N2CC[C@@H](CC(=O)NCc3ccc(OC)cc3)[C@@H](CC)C2)c1. The number of methoxy groups -OCH3 is 1. The van der Waals surface area contributed by atoms with Crippen LogP contribution in [0.4, 0.5) is 10.5 Å². The first kappa shape index (κ1) is 26.1. The number of amides is 3. The van der Waals surface area contributed by atoms with Crippen LogP contribution in [-0.2, 0) is 16.1 Å². The molecule has 2 aromatic carbocycles. The molecule has 0 radical (unpaired) electrons. The number of likely N-dealkylation sites (tertiary alicyclic amines) is 1. The highest BCUT2D eigenvalue weighted by atomic mass is 16.5. The minimum absolute atomic E-state index is 0.0259. The summed E-state index contributed by atoms with van der Waals surface area (Å²) in [4.78, 5) is 39.2. The average Bonchev–Trinajstić information content (AvgIpc) is 2.88. The van der Waals surface area contributed by atoms with Gasteiger partial charge in [0.25, 0.3) is 0 Å². The topological polar surface area (TPSA) is 97.0 Å². The van der Waals surface area contributed by atoms with Crippen LogP contribution >= 0.6 is 0 Å². The van der Waals surface area contributed by atoms with E-state index in [1.807, 2.05) is 24.3 Å². The molecule has 0 aliphatic carbocycles. The lowest BCUT2D eigenvalue weighted by molar-refractivity contribution is -0.123. The minimum Gasteiger partial charge on any atom is -0.497 e. The fraction of sp³-hybridized carbons (Fsp3) is 0.444. The van der Waals surface area contributed by atoms with Gasteiger partial charge in [0.1, 0.15) is 5.75 Å². The van der Waals surface area contributed by atoms with Crippen LogP contribution in [0.3, 0.4) is 0 Å². The lowest BCUT2D eigenvalue weighted by atomic mass is 9.81. The van der Waals surface area contributed by atoms with Crippen molar-refractivity contribution in [2.45, 2.75) is 39.7 Å². The molecule has 2 aromatic rings. The number of nitrogens with one attached hydrogen (secondary N) is 2. The molecule has 0 bridgehead atoms. The zero-order valence-corrected chi connectivity index (χ0v) is 20.7. The van der Waals surface area contributed by atoms with E-state index in [0.29, 0.717) is 43.9 Å². The van der Waals surface area contributed by atoms with Gasteiger partial charge in [-0.3, -0.25) is 4.79 Å². The smallest absolute Gasteiger partial charge is 0.338 e. The Morgan fingerprint density at radius 3 is 2.51 bits per heavy atom. The van der Waals surface area contributed by atoms with Crippen LogP contribution in [0.15, 0.2) is 48.5 Å². The standard InChI is InChI=1S/C27H35N3O5/c1-4-20-18-30(27(33)29-23-8-6-7-22(15-23)26(32)35-5-2)14-13-21(20)16-25(31)28-17-19-9-11-24(34-3)12-10-19/h6-12,15,20-21H,4-5,13-14,16-18H2,1-3H3,(H,28,31)(H,29,33)/t20-,21-/m0/s1. The van der Waals surface area contributed by atoms with E-state index in [1.165, 1.54) is 0 Å². The average molecular weight is 482 g/mol. The first-order chi connectivity index (χ1) is 16.9. The Hall–Kier alpha value is -3.55. The molecule has 188 valence electrons. The number of nitrogens with zero attached hydrogens (tertiary/aromatic N) is 1. The second-order valence-corrected chi connectivity index (χ2v) is 8.72. The third kappa shape index (κ3) is 7.47. The van der Waals surface area contributed by atoms with Crippen molar-refractivity contribution in [2.24, 2.45) is 11.8 Å². The Labute approximate surface area is 207 Å². The summed E-state index contributed by atoms with van der Waals surface area (Å²) < 4.78 is 10.2. The number of hydrogen-bond donors (Lipinski definition) is 2. The maximum atomic E-state index is 12.9. The quantitative estimate of drug-likeness (QED) is 0.516. The highest BCUT2D eigenvalue weighted by Crippen LogP contribution is 2.29. The minimum atomic E-state index is -0.416. The summed E-state index contributed by atoms with van der Waals surface area (Å²) in [6.07, 6.45) is 2.11. The Morgan fingerprint density at radius 2 is 1.83 bits per heavy atom. The number of urea groups is 1. The summed E-state index contributed by atoms with van der Waals surface area (Å²) in [7, 11) is 1.62. The van der Waals surface area contributed by atoms with E-state index in [1.54, 1.807) is 43.2 Å². The molecule has 0 unspecified atom stereocenters. The van der Waals surface area contributed by atoms with Gasteiger partial charge in [0.05, 0.1) is 19.3 Å². The second-order valence-electron chi connectivity index (χ2n) is 8.72. The molecular weight excluding hydrogens is 446 g/mol. The van der Waals surface area contributed by atoms with E-state index in [2.05, 4.69) is 17.6 Å². The van der Waals surface area contributed by atoms with E-state index >= 15 is 0 Å². The third-order valence-electron chi connectivity index (χ3n) is 6.42. The lowest BCUT2D eigenvalue weighted by Crippen LogP contribution is -2.46. The van der Waals surface area contributed by atoms with E-state index in [0.717, 1.165) is 24.2 Å². The molecule has 1 fully saturated rings. The second kappa shape index (κ2) is 12.8. The number of hydrogen-bond acceptors (Lipinski definition) is 5. The predicted octanol–water partition coefficient (Wildman–Crippen LogP) is 4.46. The molecule has 35 heavy (non-hydrogen) atoms. The molecule has 8 nitrogen and oxygen atoms in total. The Kier molecular flexibility index (Phi) is 9.52. The maximum absolute atomic E-state index is 12.9. The molecular formula is C27H35N3O5. The number of anilines is 1. The van der Waals surface area contributed by atoms with Crippen LogP contribution in [0.5, 0.6) is 5.75 Å². The van der Waals surface area contributed by atoms with Crippen molar-refractivity contribution in [3.8, 4) is 5.75 Å². The van der Waals surface area contributed by atoms with Crippen LogP contribution in [0, 0.1) is 11.8 Å². The molecule has 8 heteroatoms. The van der Waals surface area contributed by atoms with Crippen molar-refractivity contribution in [3.05, 3.63) is 59.7 Å². The summed E-state index contributed by atoms with van der Waals surface area (Å²) >= 11 is 0. The summed E-state index contributed by atoms with van der Waals surface area (Å²) in [6.45, 7) is 5.79. The number of rotatable bonds is 9. The van der Waals surface area contributed by atoms with Crippen LogP contribution in [0.1, 0.15) is 49.0 Å². The van der Waals surface area contributed by atoms with Crippen molar-refractivity contribution < 1.29 is 23.9 Å². The van der Waals surface area contributed by atoms with E-state index in [4.69, 9.17) is 9.47 Å². The normalized spacial score (nSPS) is 17.4. The molecule has 2 N–H and O–H groups in total. The first-order valence-corrected chi connectivity index (χ1v) is 12.2. The van der Waals surface area contributed by atoms with Gasteiger partial charge in [-0.15, -0.1) is 0 Å². The van der Waals surface area contributed by atoms with Crippen LogP contribution < -0.4 is 15.4 Å². The van der Waals surface area contributed by atoms with E-state index < -0.39 is 5.97 Å². The van der Waals surface area contributed by atoms with Gasteiger partial charge in [-0.25, -0.2) is 9.59 Å². The van der Waals surface area contributed by atoms with Gasteiger partial charge >= 0.3 is 12.0 Å². The van der Waals surface area contributed by atoms with Crippen LogP contribution in [-0.4, -0.2) is 49.6 Å². The van der Waals surface area contributed by atoms with Crippen LogP contribution in [0.2, 0.25) is 0 Å². The van der Waals surface area contributed by atoms with Crippen molar-refractivity contribution >= 4 is 23.6 Å². The first-order valence-electron chi connectivity index (χ1n) is 12.2. The molecule has 1 aliphatic heterocycles. The maximum Gasteiger partial charge on any atom is 0.338 e. The van der Waals surface area contributed by atoms with Gasteiger partial charge in [-0.2, -0.15) is 0 Å². The molecule has 0 aromatic heterocycles. The largest absolute Gasteiger partial charge is 0.497 e. The lowest BCUT2D eigenvalue weighted by Gasteiger charge is -2.38. The third-order valence-corrected chi connectivity index (χ3v) is 6.42. The molecule has 0 spiro atoms. The van der Waals surface area contributed by atoms with E-state index in [-0.39, 0.29) is 23.8 Å². The molecule has 3 rings (SSSR count). The number of ether oxygens (including phenoxy) is 2. The molecule has 2 atom stereocenters. The summed E-state index contributed by atoms with van der Waals surface area (Å²) in [6, 6.07) is 14.2.